The molecule has 0 spiro atoms. The number of ether oxygens (including phenoxy) is 1. The number of rotatable bonds is 7. The summed E-state index contributed by atoms with van der Waals surface area (Å²) in [6, 6.07) is 11.1. The molecule has 0 aromatic heterocycles. The molecule has 2 N–H and O–H groups in total. The third-order valence-corrected chi connectivity index (χ3v) is 5.63. The van der Waals surface area contributed by atoms with Gasteiger partial charge in [0, 0.05) is 0 Å². The number of carbonyl (C=O) groups is 1. The third-order valence-electron chi connectivity index (χ3n) is 3.54. The van der Waals surface area contributed by atoms with Gasteiger partial charge in [0.1, 0.15) is 5.75 Å². The number of aliphatic carboxylic acids is 1. The minimum atomic E-state index is -3.95. The number of sulfonamides is 1. The van der Waals surface area contributed by atoms with E-state index in [-0.39, 0.29) is 4.90 Å². The molecule has 0 amide bonds. The Balaban J connectivity index is 2.35. The molecule has 0 saturated carbocycles. The molecule has 0 fully saturated rings. The Morgan fingerprint density at radius 3 is 2.33 bits per heavy atom. The van der Waals surface area contributed by atoms with Gasteiger partial charge in [0.05, 0.1) is 10.9 Å². The van der Waals surface area contributed by atoms with E-state index in [0.717, 1.165) is 0 Å². The largest absolute Gasteiger partial charge is 0.482 e. The molecule has 27 heavy (non-hydrogen) atoms. The predicted octanol–water partition coefficient (Wildman–Crippen LogP) is 3.85. The molecule has 2 rings (SSSR count). The molecule has 1 unspecified atom stereocenters. The van der Waals surface area contributed by atoms with Crippen molar-refractivity contribution in [3.8, 4) is 5.75 Å². The van der Waals surface area contributed by atoms with Crippen molar-refractivity contribution in [2.24, 2.45) is 0 Å². The average molecular weight is 453 g/mol. The molecule has 10 heteroatoms. The number of halogens is 3. The molecular weight excluding hydrogens is 437 g/mol. The predicted molar refractivity (Wildman–Crippen MR) is 104 cm³/mol. The summed E-state index contributed by atoms with van der Waals surface area (Å²) in [4.78, 5) is 10.7. The smallest absolute Gasteiger partial charge is 0.341 e. The quantitative estimate of drug-likeness (QED) is 0.623. The summed E-state index contributed by atoms with van der Waals surface area (Å²) in [5, 5.41) is 8.70. The second-order valence-electron chi connectivity index (χ2n) is 5.62. The molecule has 2 aromatic carbocycles. The van der Waals surface area contributed by atoms with Crippen LogP contribution in [-0.2, 0) is 14.8 Å². The molecule has 0 bridgehead atoms. The maximum absolute atomic E-state index is 12.6. The van der Waals surface area contributed by atoms with Crippen LogP contribution in [0, 0.1) is 6.92 Å². The number of nitrogens with one attached hydrogen (secondary N) is 1. The van der Waals surface area contributed by atoms with Gasteiger partial charge in [-0.1, -0.05) is 65.1 Å². The second-order valence-corrected chi connectivity index (χ2v) is 9.70. The lowest BCUT2D eigenvalue weighted by atomic mass is 10.1. The van der Waals surface area contributed by atoms with Gasteiger partial charge in [0.2, 0.25) is 13.8 Å². The number of benzene rings is 2. The van der Waals surface area contributed by atoms with E-state index in [1.165, 1.54) is 24.3 Å². The zero-order chi connectivity index (χ0) is 20.2. The van der Waals surface area contributed by atoms with Crippen LogP contribution in [-0.4, -0.2) is 29.9 Å². The van der Waals surface area contributed by atoms with Gasteiger partial charge in [0.15, 0.2) is 6.61 Å². The lowest BCUT2D eigenvalue weighted by Gasteiger charge is -2.26. The van der Waals surface area contributed by atoms with Crippen molar-refractivity contribution in [3.63, 3.8) is 0 Å². The topological polar surface area (TPSA) is 92.7 Å². The van der Waals surface area contributed by atoms with Crippen LogP contribution in [0.2, 0.25) is 0 Å². The van der Waals surface area contributed by atoms with Gasteiger partial charge in [-0.05, 0) is 36.2 Å². The van der Waals surface area contributed by atoms with Crippen molar-refractivity contribution in [2.45, 2.75) is 21.7 Å². The number of aryl methyl sites for hydroxylation is 1. The molecule has 6 nitrogen and oxygen atoms in total. The van der Waals surface area contributed by atoms with Crippen molar-refractivity contribution in [1.29, 1.82) is 0 Å². The van der Waals surface area contributed by atoms with Crippen LogP contribution in [0.1, 0.15) is 17.2 Å². The van der Waals surface area contributed by atoms with Crippen LogP contribution >= 0.6 is 34.8 Å². The van der Waals surface area contributed by atoms with Crippen molar-refractivity contribution in [2.75, 3.05) is 6.61 Å². The third kappa shape index (κ3) is 5.99. The fourth-order valence-corrected chi connectivity index (χ4v) is 4.31. The Morgan fingerprint density at radius 2 is 1.81 bits per heavy atom. The zero-order valence-corrected chi connectivity index (χ0v) is 17.1. The van der Waals surface area contributed by atoms with E-state index >= 15 is 0 Å². The first kappa shape index (κ1) is 21.8. The first-order valence-electron chi connectivity index (χ1n) is 7.60. The van der Waals surface area contributed by atoms with Crippen LogP contribution in [0.15, 0.2) is 53.4 Å². The first-order valence-corrected chi connectivity index (χ1v) is 10.2. The van der Waals surface area contributed by atoms with Crippen LogP contribution in [0.5, 0.6) is 5.75 Å². The molecule has 0 aliphatic heterocycles. The minimum Gasteiger partial charge on any atom is -0.482 e. The monoisotopic (exact) mass is 451 g/mol. The number of hydrogen-bond acceptors (Lipinski definition) is 4. The molecule has 2 aromatic rings. The average Bonchev–Trinajstić information content (AvgIpc) is 2.58. The molecule has 0 aliphatic rings. The van der Waals surface area contributed by atoms with Gasteiger partial charge in [0.25, 0.3) is 0 Å². The SMILES string of the molecule is Cc1cc(C(NS(=O)(=O)c2ccccc2)C(Cl)(Cl)Cl)ccc1OCC(=O)O. The second kappa shape index (κ2) is 8.67. The van der Waals surface area contributed by atoms with E-state index < -0.39 is 32.4 Å². The number of carboxylic acids is 1. The van der Waals surface area contributed by atoms with Gasteiger partial charge >= 0.3 is 5.97 Å². The van der Waals surface area contributed by atoms with Crippen molar-refractivity contribution < 1.29 is 23.1 Å². The lowest BCUT2D eigenvalue weighted by Crippen LogP contribution is -2.36. The zero-order valence-electron chi connectivity index (χ0n) is 14.0. The van der Waals surface area contributed by atoms with Crippen LogP contribution in [0.25, 0.3) is 0 Å². The molecular formula is C17H16Cl3NO5S. The fourth-order valence-electron chi connectivity index (χ4n) is 2.30. The highest BCUT2D eigenvalue weighted by molar-refractivity contribution is 7.89. The standard InChI is InChI=1S/C17H16Cl3NO5S/c1-11-9-12(7-8-14(11)26-10-15(22)23)16(17(18,19)20)21-27(24,25)13-5-3-2-4-6-13/h2-9,16,21H,10H2,1H3,(H,22,23). The maximum Gasteiger partial charge on any atom is 0.341 e. The maximum atomic E-state index is 12.6. The van der Waals surface area contributed by atoms with E-state index in [2.05, 4.69) is 4.72 Å². The Hall–Kier alpha value is -1.51. The Labute approximate surface area is 172 Å². The lowest BCUT2D eigenvalue weighted by molar-refractivity contribution is -0.139. The van der Waals surface area contributed by atoms with Crippen LogP contribution < -0.4 is 9.46 Å². The summed E-state index contributed by atoms with van der Waals surface area (Å²) < 4.78 is 30.8. The van der Waals surface area contributed by atoms with E-state index in [1.807, 2.05) is 0 Å². The van der Waals surface area contributed by atoms with Gasteiger partial charge in [-0.3, -0.25) is 0 Å². The highest BCUT2D eigenvalue weighted by Gasteiger charge is 2.37. The molecule has 0 heterocycles. The van der Waals surface area contributed by atoms with Gasteiger partial charge in [-0.25, -0.2) is 13.2 Å². The Bertz CT molecular complexity index is 914. The Morgan fingerprint density at radius 1 is 1.19 bits per heavy atom. The first-order chi connectivity index (χ1) is 12.5. The minimum absolute atomic E-state index is 0.0300. The van der Waals surface area contributed by atoms with Gasteiger partial charge in [-0.15, -0.1) is 0 Å². The van der Waals surface area contributed by atoms with Gasteiger partial charge < -0.3 is 9.84 Å². The molecule has 0 aliphatic carbocycles. The number of alkyl halides is 3. The van der Waals surface area contributed by atoms with E-state index in [0.29, 0.717) is 16.9 Å². The highest BCUT2D eigenvalue weighted by Crippen LogP contribution is 2.41. The fraction of sp³-hybridized carbons (Fsp3) is 0.235. The van der Waals surface area contributed by atoms with Gasteiger partial charge in [-0.2, -0.15) is 4.72 Å². The van der Waals surface area contributed by atoms with Crippen molar-refractivity contribution in [1.82, 2.24) is 4.72 Å². The number of carboxylic acid groups (broad SMARTS) is 1. The van der Waals surface area contributed by atoms with E-state index in [9.17, 15) is 13.2 Å². The molecule has 146 valence electrons. The summed E-state index contributed by atoms with van der Waals surface area (Å²) in [7, 11) is -3.95. The summed E-state index contributed by atoms with van der Waals surface area (Å²) in [6.45, 7) is 1.16. The molecule has 0 radical (unpaired) electrons. The molecule has 0 saturated heterocycles. The summed E-state index contributed by atoms with van der Waals surface area (Å²) in [5.74, 6) is -0.789. The summed E-state index contributed by atoms with van der Waals surface area (Å²) >= 11 is 18.1. The van der Waals surface area contributed by atoms with Crippen molar-refractivity contribution >= 4 is 50.8 Å². The number of hydrogen-bond donors (Lipinski definition) is 2. The normalized spacial score (nSPS) is 13.2. The highest BCUT2D eigenvalue weighted by atomic mass is 35.6. The van der Waals surface area contributed by atoms with Crippen LogP contribution in [0.3, 0.4) is 0 Å². The van der Waals surface area contributed by atoms with E-state index in [4.69, 9.17) is 44.6 Å². The molecule has 1 atom stereocenters. The van der Waals surface area contributed by atoms with Crippen LogP contribution in [0.4, 0.5) is 0 Å². The Kier molecular flexibility index (Phi) is 6.99. The summed E-state index contributed by atoms with van der Waals surface area (Å²) in [5.41, 5.74) is 0.946. The van der Waals surface area contributed by atoms with Crippen molar-refractivity contribution in [3.05, 3.63) is 59.7 Å². The summed E-state index contributed by atoms with van der Waals surface area (Å²) in [6.07, 6.45) is 0. The van der Waals surface area contributed by atoms with E-state index in [1.54, 1.807) is 31.2 Å².